The van der Waals surface area contributed by atoms with Crippen molar-refractivity contribution in [2.45, 2.75) is 12.5 Å². The molecule has 3 aromatic carbocycles. The lowest BCUT2D eigenvalue weighted by molar-refractivity contribution is 0.0943. The summed E-state index contributed by atoms with van der Waals surface area (Å²) in [5, 5.41) is 9.00. The molecule has 7 nitrogen and oxygen atoms in total. The Kier molecular flexibility index (Phi) is 6.90. The maximum Gasteiger partial charge on any atom is 0.248 e. The second-order valence-corrected chi connectivity index (χ2v) is 9.36. The van der Waals surface area contributed by atoms with E-state index < -0.39 is 11.9 Å². The molecule has 2 heterocycles. The van der Waals surface area contributed by atoms with Gasteiger partial charge in [0.15, 0.2) is 5.78 Å². The van der Waals surface area contributed by atoms with Crippen molar-refractivity contribution < 1.29 is 9.59 Å². The van der Waals surface area contributed by atoms with Crippen LogP contribution in [0.2, 0.25) is 5.02 Å². The van der Waals surface area contributed by atoms with E-state index in [1.54, 1.807) is 29.1 Å². The summed E-state index contributed by atoms with van der Waals surface area (Å²) in [4.78, 5) is 28.5. The zero-order valence-electron chi connectivity index (χ0n) is 20.2. The first kappa shape index (κ1) is 24.5. The normalized spacial score (nSPS) is 12.1. The number of primary amides is 1. The molecule has 1 atom stereocenters. The number of carbonyl (C=O) groups excluding carboxylic acids is 2. The summed E-state index contributed by atoms with van der Waals surface area (Å²) in [6.07, 6.45) is 6.13. The number of H-pyrrole nitrogens is 1. The summed E-state index contributed by atoms with van der Waals surface area (Å²) in [7, 11) is 1.88. The molecular weight excluding hydrogens is 486 g/mol. The number of hydrogen-bond acceptors (Lipinski definition) is 4. The smallest absolute Gasteiger partial charge is 0.248 e. The largest absolute Gasteiger partial charge is 0.366 e. The van der Waals surface area contributed by atoms with Crippen LogP contribution in [0.4, 0.5) is 0 Å². The first-order chi connectivity index (χ1) is 17.9. The molecule has 0 radical (unpaired) electrons. The number of aromatic amines is 1. The van der Waals surface area contributed by atoms with Crippen LogP contribution in [-0.2, 0) is 13.5 Å². The van der Waals surface area contributed by atoms with Gasteiger partial charge in [-0.3, -0.25) is 14.3 Å². The van der Waals surface area contributed by atoms with Crippen LogP contribution in [0.3, 0.4) is 0 Å². The van der Waals surface area contributed by atoms with Crippen molar-refractivity contribution in [3.63, 3.8) is 0 Å². The van der Waals surface area contributed by atoms with E-state index >= 15 is 0 Å². The number of Topliss-reactive ketones (excluding diaryl/α,β-unsaturated/α-hetero) is 1. The van der Waals surface area contributed by atoms with Crippen molar-refractivity contribution >= 4 is 34.2 Å². The zero-order chi connectivity index (χ0) is 25.9. The molecule has 0 aliphatic carbocycles. The molecule has 4 N–H and O–H groups in total. The number of nitrogens with one attached hydrogen (secondary N) is 2. The number of nitrogens with two attached hydrogens (primary N) is 1. The van der Waals surface area contributed by atoms with Crippen LogP contribution in [0, 0.1) is 0 Å². The first-order valence-corrected chi connectivity index (χ1v) is 12.3. The van der Waals surface area contributed by atoms with Crippen molar-refractivity contribution in [1.29, 1.82) is 0 Å². The fraction of sp³-hybridized carbons (Fsp3) is 0.138. The Hall–Kier alpha value is -4.20. The van der Waals surface area contributed by atoms with Crippen LogP contribution in [-0.4, -0.2) is 33.0 Å². The van der Waals surface area contributed by atoms with Crippen LogP contribution >= 0.6 is 11.6 Å². The molecule has 0 unspecified atom stereocenters. The van der Waals surface area contributed by atoms with E-state index in [1.807, 2.05) is 68.0 Å². The summed E-state index contributed by atoms with van der Waals surface area (Å²) in [6, 6.07) is 20.2. The lowest BCUT2D eigenvalue weighted by Crippen LogP contribution is -2.30. The Morgan fingerprint density at radius 3 is 2.59 bits per heavy atom. The summed E-state index contributed by atoms with van der Waals surface area (Å²) in [5.41, 5.74) is 11.0. The maximum atomic E-state index is 13.8. The molecule has 0 saturated carbocycles. The van der Waals surface area contributed by atoms with Gasteiger partial charge >= 0.3 is 0 Å². The van der Waals surface area contributed by atoms with E-state index in [-0.39, 0.29) is 5.78 Å². The molecule has 0 aliphatic heterocycles. The molecule has 1 amide bonds. The van der Waals surface area contributed by atoms with Crippen LogP contribution < -0.4 is 11.1 Å². The molecule has 0 bridgehead atoms. The molecule has 0 aliphatic rings. The second kappa shape index (κ2) is 10.4. The number of rotatable bonds is 9. The van der Waals surface area contributed by atoms with Gasteiger partial charge in [0.2, 0.25) is 5.91 Å². The lowest BCUT2D eigenvalue weighted by atomic mass is 9.96. The molecular formula is C29H26ClN5O2. The van der Waals surface area contributed by atoms with Crippen LogP contribution in [0.25, 0.3) is 22.0 Å². The predicted octanol–water partition coefficient (Wildman–Crippen LogP) is 5.08. The topological polar surface area (TPSA) is 106 Å². The van der Waals surface area contributed by atoms with Crippen molar-refractivity contribution in [2.75, 3.05) is 6.54 Å². The number of hydrogen-bond donors (Lipinski definition) is 3. The van der Waals surface area contributed by atoms with E-state index in [0.29, 0.717) is 29.1 Å². The quantitative estimate of drug-likeness (QED) is 0.240. The van der Waals surface area contributed by atoms with Crippen LogP contribution in [0.15, 0.2) is 85.3 Å². The number of benzene rings is 3. The number of carbonyl (C=O) groups is 2. The number of aromatic nitrogens is 3. The molecule has 0 saturated heterocycles. The maximum absolute atomic E-state index is 13.8. The molecule has 5 aromatic rings. The highest BCUT2D eigenvalue weighted by atomic mass is 35.5. The highest BCUT2D eigenvalue weighted by Crippen LogP contribution is 2.29. The Bertz CT molecular complexity index is 1590. The number of nitrogens with zero attached hydrogens (tertiary/aromatic N) is 2. The van der Waals surface area contributed by atoms with Gasteiger partial charge in [0.1, 0.15) is 0 Å². The van der Waals surface area contributed by atoms with Gasteiger partial charge in [0.05, 0.1) is 12.2 Å². The van der Waals surface area contributed by atoms with Crippen molar-refractivity contribution in [3.05, 3.63) is 113 Å². The first-order valence-electron chi connectivity index (χ1n) is 11.9. The molecule has 2 aromatic heterocycles. The van der Waals surface area contributed by atoms with Crippen molar-refractivity contribution in [1.82, 2.24) is 20.1 Å². The third-order valence-corrected chi connectivity index (χ3v) is 6.81. The minimum absolute atomic E-state index is 0.0262. The zero-order valence-corrected chi connectivity index (χ0v) is 21.0. The molecule has 0 fully saturated rings. The van der Waals surface area contributed by atoms with Gasteiger partial charge in [-0.1, -0.05) is 60.1 Å². The van der Waals surface area contributed by atoms with E-state index in [0.717, 1.165) is 33.2 Å². The fourth-order valence-electron chi connectivity index (χ4n) is 4.50. The number of amides is 1. The van der Waals surface area contributed by atoms with E-state index in [4.69, 9.17) is 17.3 Å². The van der Waals surface area contributed by atoms with Crippen LogP contribution in [0.1, 0.15) is 37.9 Å². The molecule has 8 heteroatoms. The fourth-order valence-corrected chi connectivity index (χ4v) is 4.77. The SMILES string of the molecule is Cn1cc(-c2ccc3c(C(=O)[C@@H](NCCc4ccc(C(N)=O)cc4Cl)c4ccccc4)c[nH]c3c2)cn1. The Morgan fingerprint density at radius 1 is 1.08 bits per heavy atom. The summed E-state index contributed by atoms with van der Waals surface area (Å²) < 4.78 is 1.76. The van der Waals surface area contributed by atoms with Crippen LogP contribution in [0.5, 0.6) is 0 Å². The summed E-state index contributed by atoms with van der Waals surface area (Å²) in [5.74, 6) is -0.547. The number of halogens is 1. The van der Waals surface area contributed by atoms with Gasteiger partial charge in [-0.05, 0) is 41.3 Å². The standard InChI is InChI=1S/C29H26ClN5O2/c1-35-17-22(15-34-35)20-9-10-23-24(16-33-26(23)14-20)28(36)27(19-5-3-2-4-6-19)32-12-11-18-7-8-21(29(31)37)13-25(18)30/h2-10,13-17,27,32-33H,11-12H2,1H3,(H2,31,37)/t27-/m0/s1. The Morgan fingerprint density at radius 2 is 1.89 bits per heavy atom. The van der Waals surface area contributed by atoms with Gasteiger partial charge in [-0.2, -0.15) is 5.10 Å². The lowest BCUT2D eigenvalue weighted by Gasteiger charge is -2.18. The summed E-state index contributed by atoms with van der Waals surface area (Å²) >= 11 is 6.36. The van der Waals surface area contributed by atoms with Crippen molar-refractivity contribution in [2.24, 2.45) is 12.8 Å². The predicted molar refractivity (Wildman–Crippen MR) is 146 cm³/mol. The average molecular weight is 512 g/mol. The molecule has 5 rings (SSSR count). The average Bonchev–Trinajstić information content (AvgIpc) is 3.53. The Labute approximate surface area is 219 Å². The molecule has 0 spiro atoms. The highest BCUT2D eigenvalue weighted by Gasteiger charge is 2.24. The van der Waals surface area contributed by atoms with Gasteiger partial charge in [0.25, 0.3) is 0 Å². The third kappa shape index (κ3) is 5.18. The monoisotopic (exact) mass is 511 g/mol. The molecule has 186 valence electrons. The van der Waals surface area contributed by atoms with Gasteiger partial charge in [-0.25, -0.2) is 0 Å². The second-order valence-electron chi connectivity index (χ2n) is 8.95. The van der Waals surface area contributed by atoms with E-state index in [2.05, 4.69) is 15.4 Å². The number of ketones is 1. The number of fused-ring (bicyclic) bond motifs is 1. The molecule has 37 heavy (non-hydrogen) atoms. The van der Waals surface area contributed by atoms with Gasteiger partial charge in [-0.15, -0.1) is 0 Å². The van der Waals surface area contributed by atoms with E-state index in [9.17, 15) is 9.59 Å². The minimum atomic E-state index is -0.540. The minimum Gasteiger partial charge on any atom is -0.366 e. The summed E-state index contributed by atoms with van der Waals surface area (Å²) in [6.45, 7) is 0.508. The van der Waals surface area contributed by atoms with Gasteiger partial charge in [0, 0.05) is 58.6 Å². The third-order valence-electron chi connectivity index (χ3n) is 6.46. The highest BCUT2D eigenvalue weighted by molar-refractivity contribution is 6.31. The van der Waals surface area contributed by atoms with Crippen molar-refractivity contribution in [3.8, 4) is 11.1 Å². The van der Waals surface area contributed by atoms with E-state index in [1.165, 1.54) is 0 Å². The van der Waals surface area contributed by atoms with Gasteiger partial charge < -0.3 is 16.0 Å². The Balaban J connectivity index is 1.39. The number of aryl methyl sites for hydroxylation is 1.